The molecule has 4 heteroatoms. The van der Waals surface area contributed by atoms with E-state index in [9.17, 15) is 4.79 Å². The van der Waals surface area contributed by atoms with Crippen molar-refractivity contribution >= 4 is 6.16 Å². The number of carbonyl (C=O) groups excluding carboxylic acids is 1. The van der Waals surface area contributed by atoms with Gasteiger partial charge in [0, 0.05) is 0 Å². The molecule has 0 aliphatic carbocycles. The van der Waals surface area contributed by atoms with Gasteiger partial charge in [0.1, 0.15) is 5.76 Å². The Bertz CT molecular complexity index is 141. The number of hydrogen-bond acceptors (Lipinski definition) is 4. The van der Waals surface area contributed by atoms with Crippen LogP contribution in [-0.2, 0) is 14.2 Å². The highest BCUT2D eigenvalue weighted by molar-refractivity contribution is 5.59. The van der Waals surface area contributed by atoms with E-state index in [1.807, 2.05) is 6.92 Å². The van der Waals surface area contributed by atoms with Crippen LogP contribution in [0.25, 0.3) is 0 Å². The molecule has 0 spiro atoms. The first-order valence-corrected chi connectivity index (χ1v) is 3.22. The first kappa shape index (κ1) is 9.81. The highest BCUT2D eigenvalue weighted by atomic mass is 16.7. The average Bonchev–Trinajstić information content (AvgIpc) is 2.01. The molecule has 0 bridgehead atoms. The zero-order valence-corrected chi connectivity index (χ0v) is 6.75. The van der Waals surface area contributed by atoms with Crippen LogP contribution in [0.1, 0.15) is 6.92 Å². The molecule has 0 saturated carbocycles. The summed E-state index contributed by atoms with van der Waals surface area (Å²) in [7, 11) is 1.24. The molecular formula is C7H12O4. The quantitative estimate of drug-likeness (QED) is 0.459. The molecule has 4 nitrogen and oxygen atoms in total. The van der Waals surface area contributed by atoms with Crippen LogP contribution in [0.15, 0.2) is 12.3 Å². The molecule has 0 aromatic heterocycles. The Morgan fingerprint density at radius 1 is 1.45 bits per heavy atom. The first-order valence-electron chi connectivity index (χ1n) is 3.22. The van der Waals surface area contributed by atoms with Gasteiger partial charge in [0.25, 0.3) is 0 Å². The van der Waals surface area contributed by atoms with Crippen molar-refractivity contribution in [3.63, 3.8) is 0 Å². The van der Waals surface area contributed by atoms with Crippen LogP contribution in [0.3, 0.4) is 0 Å². The van der Waals surface area contributed by atoms with Gasteiger partial charge in [-0.15, -0.1) is 0 Å². The van der Waals surface area contributed by atoms with Crippen LogP contribution in [-0.4, -0.2) is 26.5 Å². The van der Waals surface area contributed by atoms with Crippen molar-refractivity contribution in [2.24, 2.45) is 0 Å². The summed E-state index contributed by atoms with van der Waals surface area (Å²) in [5, 5.41) is 0. The second-order valence-corrected chi connectivity index (χ2v) is 1.71. The average molecular weight is 160 g/mol. The number of methoxy groups -OCH3 is 1. The summed E-state index contributed by atoms with van der Waals surface area (Å²) < 4.78 is 13.7. The van der Waals surface area contributed by atoms with Gasteiger partial charge in [0.05, 0.1) is 13.7 Å². The first-order chi connectivity index (χ1) is 5.20. The number of carbonyl (C=O) groups is 1. The van der Waals surface area contributed by atoms with E-state index in [4.69, 9.17) is 4.74 Å². The Labute approximate surface area is 65.7 Å². The fraction of sp³-hybridized carbons (Fsp3) is 0.571. The van der Waals surface area contributed by atoms with E-state index in [1.165, 1.54) is 7.11 Å². The van der Waals surface area contributed by atoms with E-state index in [0.29, 0.717) is 12.4 Å². The molecule has 0 rings (SSSR count). The van der Waals surface area contributed by atoms with Crippen molar-refractivity contribution in [3.05, 3.63) is 12.3 Å². The maximum atomic E-state index is 10.4. The minimum absolute atomic E-state index is 0.0422. The molecule has 11 heavy (non-hydrogen) atoms. The van der Waals surface area contributed by atoms with E-state index >= 15 is 0 Å². The molecule has 0 fully saturated rings. The molecule has 0 amide bonds. The highest BCUT2D eigenvalue weighted by Crippen LogP contribution is 1.94. The summed E-state index contributed by atoms with van der Waals surface area (Å²) >= 11 is 0. The maximum Gasteiger partial charge on any atom is 0.508 e. The third-order valence-corrected chi connectivity index (χ3v) is 0.866. The van der Waals surface area contributed by atoms with Crippen LogP contribution in [0.2, 0.25) is 0 Å². The smallest absolute Gasteiger partial charge is 0.495 e. The molecule has 0 heterocycles. The lowest BCUT2D eigenvalue weighted by Gasteiger charge is -2.06. The molecule has 0 N–H and O–H groups in total. The van der Waals surface area contributed by atoms with Crippen LogP contribution in [0.4, 0.5) is 4.79 Å². The van der Waals surface area contributed by atoms with Crippen LogP contribution >= 0.6 is 0 Å². The zero-order chi connectivity index (χ0) is 8.69. The van der Waals surface area contributed by atoms with Crippen LogP contribution in [0, 0.1) is 0 Å². The zero-order valence-electron chi connectivity index (χ0n) is 6.75. The van der Waals surface area contributed by atoms with Gasteiger partial charge in [-0.05, 0) is 6.92 Å². The lowest BCUT2D eigenvalue weighted by atomic mass is 10.6. The molecule has 0 unspecified atom stereocenters. The third-order valence-electron chi connectivity index (χ3n) is 0.866. The minimum Gasteiger partial charge on any atom is -0.495 e. The lowest BCUT2D eigenvalue weighted by Crippen LogP contribution is -2.08. The normalized spacial score (nSPS) is 8.55. The molecule has 0 aliphatic rings. The van der Waals surface area contributed by atoms with Gasteiger partial charge in [-0.3, -0.25) is 0 Å². The molecule has 0 radical (unpaired) electrons. The van der Waals surface area contributed by atoms with E-state index in [-0.39, 0.29) is 6.61 Å². The van der Waals surface area contributed by atoms with Gasteiger partial charge >= 0.3 is 6.16 Å². The number of rotatable bonds is 4. The summed E-state index contributed by atoms with van der Waals surface area (Å²) in [6, 6.07) is 0. The molecule has 64 valence electrons. The molecule has 0 aliphatic heterocycles. The summed E-state index contributed by atoms with van der Waals surface area (Å²) in [4.78, 5) is 10.4. The second-order valence-electron chi connectivity index (χ2n) is 1.71. The van der Waals surface area contributed by atoms with E-state index in [0.717, 1.165) is 0 Å². The van der Waals surface area contributed by atoms with Crippen molar-refractivity contribution in [2.75, 3.05) is 20.3 Å². The van der Waals surface area contributed by atoms with Gasteiger partial charge in [-0.25, -0.2) is 4.79 Å². The van der Waals surface area contributed by atoms with Gasteiger partial charge in [-0.1, -0.05) is 6.58 Å². The Kier molecular flexibility index (Phi) is 4.98. The largest absolute Gasteiger partial charge is 0.508 e. The summed E-state index contributed by atoms with van der Waals surface area (Å²) in [5.41, 5.74) is 0. The summed E-state index contributed by atoms with van der Waals surface area (Å²) in [6.45, 7) is 5.88. The Morgan fingerprint density at radius 2 is 2.09 bits per heavy atom. The second kappa shape index (κ2) is 5.58. The predicted octanol–water partition coefficient (Wildman–Crippen LogP) is 1.32. The highest BCUT2D eigenvalue weighted by Gasteiger charge is 2.01. The molecule has 0 aromatic carbocycles. The Hall–Kier alpha value is -1.19. The minimum atomic E-state index is -0.731. The predicted molar refractivity (Wildman–Crippen MR) is 39.1 cm³/mol. The van der Waals surface area contributed by atoms with E-state index in [2.05, 4.69) is 16.1 Å². The topological polar surface area (TPSA) is 44.8 Å². The van der Waals surface area contributed by atoms with Gasteiger partial charge < -0.3 is 14.2 Å². The number of ether oxygens (including phenoxy) is 3. The summed E-state index contributed by atoms with van der Waals surface area (Å²) in [6.07, 6.45) is -0.731. The van der Waals surface area contributed by atoms with Crippen molar-refractivity contribution in [1.29, 1.82) is 0 Å². The van der Waals surface area contributed by atoms with Crippen molar-refractivity contribution in [1.82, 2.24) is 0 Å². The van der Waals surface area contributed by atoms with E-state index < -0.39 is 6.16 Å². The Balaban J connectivity index is 3.38. The standard InChI is InChI=1S/C7H12O4/c1-4-10-6(2)5-11-7(8)9-3/h2,4-5H2,1,3H3. The molecule has 0 aromatic rings. The van der Waals surface area contributed by atoms with Crippen molar-refractivity contribution in [2.45, 2.75) is 6.92 Å². The molecular weight excluding hydrogens is 148 g/mol. The van der Waals surface area contributed by atoms with Crippen molar-refractivity contribution < 1.29 is 19.0 Å². The number of hydrogen-bond donors (Lipinski definition) is 0. The van der Waals surface area contributed by atoms with E-state index in [1.54, 1.807) is 0 Å². The van der Waals surface area contributed by atoms with Crippen LogP contribution in [0.5, 0.6) is 0 Å². The van der Waals surface area contributed by atoms with Crippen LogP contribution < -0.4 is 0 Å². The van der Waals surface area contributed by atoms with Gasteiger partial charge in [0.15, 0.2) is 6.61 Å². The van der Waals surface area contributed by atoms with Crippen molar-refractivity contribution in [3.8, 4) is 0 Å². The Morgan fingerprint density at radius 3 is 2.55 bits per heavy atom. The SMILES string of the molecule is C=C(COC(=O)OC)OCC. The van der Waals surface area contributed by atoms with Gasteiger partial charge in [0.2, 0.25) is 0 Å². The lowest BCUT2D eigenvalue weighted by molar-refractivity contribution is 0.0646. The fourth-order valence-corrected chi connectivity index (χ4v) is 0.444. The maximum absolute atomic E-state index is 10.4. The summed E-state index contributed by atoms with van der Waals surface area (Å²) in [5.74, 6) is 0.415. The molecule has 0 atom stereocenters. The van der Waals surface area contributed by atoms with Gasteiger partial charge in [-0.2, -0.15) is 0 Å². The fourth-order valence-electron chi connectivity index (χ4n) is 0.444. The third kappa shape index (κ3) is 5.26. The molecule has 0 saturated heterocycles. The monoisotopic (exact) mass is 160 g/mol.